The zero-order chi connectivity index (χ0) is 14.0. The number of benzene rings is 1. The first kappa shape index (κ1) is 13.3. The van der Waals surface area contributed by atoms with Crippen LogP contribution < -0.4 is 11.1 Å². The van der Waals surface area contributed by atoms with Crippen LogP contribution in [0.3, 0.4) is 0 Å². The van der Waals surface area contributed by atoms with E-state index < -0.39 is 0 Å². The summed E-state index contributed by atoms with van der Waals surface area (Å²) in [5.41, 5.74) is 7.42. The Bertz CT molecular complexity index is 643. The number of nitrogen functional groups attached to an aromatic ring is 1. The molecule has 2 aromatic rings. The fourth-order valence-corrected chi connectivity index (χ4v) is 1.81. The molecule has 0 radical (unpaired) electrons. The van der Waals surface area contributed by atoms with Crippen LogP contribution in [0.15, 0.2) is 24.3 Å². The number of nitrogens with zero attached hydrogens (tertiary/aromatic N) is 2. The van der Waals surface area contributed by atoms with Crippen LogP contribution in [-0.4, -0.2) is 15.8 Å². The second kappa shape index (κ2) is 5.24. The van der Waals surface area contributed by atoms with Gasteiger partial charge in [-0.3, -0.25) is 4.79 Å². The van der Waals surface area contributed by atoms with Gasteiger partial charge in [0.25, 0.3) is 0 Å². The molecule has 1 heterocycles. The molecule has 0 bridgehead atoms. The predicted octanol–water partition coefficient (Wildman–Crippen LogP) is 2.97. The number of carbonyl (C=O) groups excluding carboxylic acids is 1. The maximum Gasteiger partial charge on any atom is 0.159 e. The summed E-state index contributed by atoms with van der Waals surface area (Å²) in [6.07, 6.45) is 0. The van der Waals surface area contributed by atoms with Gasteiger partial charge >= 0.3 is 0 Å². The lowest BCUT2D eigenvalue weighted by Crippen LogP contribution is -2.04. The summed E-state index contributed by atoms with van der Waals surface area (Å²) in [4.78, 5) is 19.5. The third-order valence-electron chi connectivity index (χ3n) is 2.54. The van der Waals surface area contributed by atoms with Gasteiger partial charge in [0, 0.05) is 11.3 Å². The largest absolute Gasteiger partial charge is 0.393 e. The zero-order valence-electron chi connectivity index (χ0n) is 10.6. The van der Waals surface area contributed by atoms with E-state index in [0.29, 0.717) is 22.9 Å². The normalized spacial score (nSPS) is 10.3. The Kier molecular flexibility index (Phi) is 3.66. The van der Waals surface area contributed by atoms with Crippen molar-refractivity contribution < 1.29 is 4.79 Å². The standard InChI is InChI=1S/C13H13ClN4O/c1-7(19)9-4-3-5-10(6-9)18-13-11(15)12(14)16-8(2)17-13/h3-6H,15H2,1-2H3,(H,16,17,18). The molecule has 6 heteroatoms. The Morgan fingerprint density at radius 2 is 2.11 bits per heavy atom. The van der Waals surface area contributed by atoms with E-state index in [2.05, 4.69) is 15.3 Å². The first-order valence-corrected chi connectivity index (χ1v) is 6.03. The predicted molar refractivity (Wildman–Crippen MR) is 75.9 cm³/mol. The molecule has 0 spiro atoms. The van der Waals surface area contributed by atoms with Crippen molar-refractivity contribution in [2.75, 3.05) is 11.1 Å². The molecule has 0 fully saturated rings. The fraction of sp³-hybridized carbons (Fsp3) is 0.154. The summed E-state index contributed by atoms with van der Waals surface area (Å²) >= 11 is 5.90. The summed E-state index contributed by atoms with van der Waals surface area (Å²) in [5, 5.41) is 3.24. The summed E-state index contributed by atoms with van der Waals surface area (Å²) in [7, 11) is 0. The highest BCUT2D eigenvalue weighted by molar-refractivity contribution is 6.32. The minimum absolute atomic E-state index is 0.00600. The Labute approximate surface area is 115 Å². The van der Waals surface area contributed by atoms with E-state index in [-0.39, 0.29) is 16.6 Å². The molecule has 0 aliphatic heterocycles. The van der Waals surface area contributed by atoms with Crippen LogP contribution >= 0.6 is 11.6 Å². The molecular formula is C13H13ClN4O. The van der Waals surface area contributed by atoms with Crippen molar-refractivity contribution in [3.8, 4) is 0 Å². The van der Waals surface area contributed by atoms with Crippen molar-refractivity contribution in [1.82, 2.24) is 9.97 Å². The van der Waals surface area contributed by atoms with Crippen molar-refractivity contribution in [2.24, 2.45) is 0 Å². The number of nitrogens with one attached hydrogen (secondary N) is 1. The van der Waals surface area contributed by atoms with Crippen LogP contribution in [0.25, 0.3) is 0 Å². The number of halogens is 1. The monoisotopic (exact) mass is 276 g/mol. The maximum absolute atomic E-state index is 11.3. The zero-order valence-corrected chi connectivity index (χ0v) is 11.3. The van der Waals surface area contributed by atoms with Crippen molar-refractivity contribution >= 4 is 34.6 Å². The van der Waals surface area contributed by atoms with E-state index in [4.69, 9.17) is 17.3 Å². The molecule has 1 aromatic carbocycles. The average molecular weight is 277 g/mol. The van der Waals surface area contributed by atoms with Crippen LogP contribution in [0.2, 0.25) is 5.15 Å². The number of aromatic nitrogens is 2. The highest BCUT2D eigenvalue weighted by Crippen LogP contribution is 2.26. The van der Waals surface area contributed by atoms with Gasteiger partial charge in [-0.1, -0.05) is 23.7 Å². The molecule has 0 saturated carbocycles. The number of aryl methyl sites for hydroxylation is 1. The van der Waals surface area contributed by atoms with E-state index in [9.17, 15) is 4.79 Å². The van der Waals surface area contributed by atoms with Gasteiger partial charge in [0.1, 0.15) is 11.5 Å². The molecule has 0 unspecified atom stereocenters. The molecule has 0 saturated heterocycles. The maximum atomic E-state index is 11.3. The fourth-order valence-electron chi connectivity index (χ4n) is 1.59. The van der Waals surface area contributed by atoms with Crippen LogP contribution in [0.4, 0.5) is 17.2 Å². The molecule has 0 aliphatic rings. The Balaban J connectivity index is 2.36. The number of ketones is 1. The van der Waals surface area contributed by atoms with E-state index >= 15 is 0 Å². The van der Waals surface area contributed by atoms with Gasteiger partial charge < -0.3 is 11.1 Å². The van der Waals surface area contributed by atoms with Gasteiger partial charge in [-0.15, -0.1) is 0 Å². The van der Waals surface area contributed by atoms with E-state index in [1.165, 1.54) is 6.92 Å². The quantitative estimate of drug-likeness (QED) is 0.665. The van der Waals surface area contributed by atoms with Gasteiger partial charge in [0.2, 0.25) is 0 Å². The van der Waals surface area contributed by atoms with Crippen LogP contribution in [0.1, 0.15) is 23.1 Å². The van der Waals surface area contributed by atoms with Crippen LogP contribution in [-0.2, 0) is 0 Å². The van der Waals surface area contributed by atoms with Crippen molar-refractivity contribution in [3.05, 3.63) is 40.8 Å². The lowest BCUT2D eigenvalue weighted by atomic mass is 10.1. The van der Waals surface area contributed by atoms with Crippen LogP contribution in [0, 0.1) is 6.92 Å². The Morgan fingerprint density at radius 1 is 1.37 bits per heavy atom. The third kappa shape index (κ3) is 3.00. The highest BCUT2D eigenvalue weighted by Gasteiger charge is 2.09. The van der Waals surface area contributed by atoms with E-state index in [1.54, 1.807) is 25.1 Å². The van der Waals surface area contributed by atoms with Crippen LogP contribution in [0.5, 0.6) is 0 Å². The first-order chi connectivity index (χ1) is 8.97. The van der Waals surface area contributed by atoms with Crippen molar-refractivity contribution in [1.29, 1.82) is 0 Å². The van der Waals surface area contributed by atoms with Gasteiger partial charge in [-0.05, 0) is 26.0 Å². The third-order valence-corrected chi connectivity index (χ3v) is 2.83. The molecule has 5 nitrogen and oxygen atoms in total. The number of carbonyl (C=O) groups is 1. The summed E-state index contributed by atoms with van der Waals surface area (Å²) in [6.45, 7) is 3.24. The minimum atomic E-state index is -0.00600. The summed E-state index contributed by atoms with van der Waals surface area (Å²) < 4.78 is 0. The van der Waals surface area contributed by atoms with Gasteiger partial charge in [0.15, 0.2) is 16.8 Å². The molecule has 2 rings (SSSR count). The van der Waals surface area contributed by atoms with Gasteiger partial charge in [-0.25, -0.2) is 9.97 Å². The Hall–Kier alpha value is -2.14. The molecule has 19 heavy (non-hydrogen) atoms. The Morgan fingerprint density at radius 3 is 2.79 bits per heavy atom. The molecule has 0 atom stereocenters. The number of hydrogen-bond acceptors (Lipinski definition) is 5. The van der Waals surface area contributed by atoms with Gasteiger partial charge in [0.05, 0.1) is 0 Å². The molecule has 3 N–H and O–H groups in total. The number of nitrogens with two attached hydrogens (primary N) is 1. The highest BCUT2D eigenvalue weighted by atomic mass is 35.5. The molecule has 0 amide bonds. The van der Waals surface area contributed by atoms with E-state index in [0.717, 1.165) is 0 Å². The smallest absolute Gasteiger partial charge is 0.159 e. The number of rotatable bonds is 3. The first-order valence-electron chi connectivity index (χ1n) is 5.65. The summed E-state index contributed by atoms with van der Waals surface area (Å²) in [6, 6.07) is 7.07. The number of anilines is 3. The summed E-state index contributed by atoms with van der Waals surface area (Å²) in [5.74, 6) is 0.941. The lowest BCUT2D eigenvalue weighted by Gasteiger charge is -2.10. The number of Topliss-reactive ketones (excluding diaryl/α,β-unsaturated/α-hetero) is 1. The second-order valence-corrected chi connectivity index (χ2v) is 4.44. The van der Waals surface area contributed by atoms with Crippen molar-refractivity contribution in [2.45, 2.75) is 13.8 Å². The SMILES string of the molecule is CC(=O)c1cccc(Nc2nc(C)nc(Cl)c2N)c1. The molecule has 0 aliphatic carbocycles. The topological polar surface area (TPSA) is 80.9 Å². The lowest BCUT2D eigenvalue weighted by molar-refractivity contribution is 0.101. The van der Waals surface area contributed by atoms with Gasteiger partial charge in [-0.2, -0.15) is 0 Å². The van der Waals surface area contributed by atoms with Crippen molar-refractivity contribution in [3.63, 3.8) is 0 Å². The minimum Gasteiger partial charge on any atom is -0.393 e. The number of hydrogen-bond donors (Lipinski definition) is 2. The second-order valence-electron chi connectivity index (χ2n) is 4.09. The molecular weight excluding hydrogens is 264 g/mol. The average Bonchev–Trinajstić information content (AvgIpc) is 2.35. The van der Waals surface area contributed by atoms with E-state index in [1.807, 2.05) is 6.07 Å². The molecule has 1 aromatic heterocycles. The molecule has 98 valence electrons.